The Balaban J connectivity index is 1.87. The van der Waals surface area contributed by atoms with Crippen molar-refractivity contribution in [1.82, 2.24) is 20.4 Å². The Bertz CT molecular complexity index is 350. The second-order valence-electron chi connectivity index (χ2n) is 5.29. The van der Waals surface area contributed by atoms with Gasteiger partial charge in [0.15, 0.2) is 5.82 Å². The van der Waals surface area contributed by atoms with E-state index in [0.29, 0.717) is 12.0 Å². The third kappa shape index (κ3) is 3.78. The molecule has 0 saturated carbocycles. The first kappa shape index (κ1) is 12.5. The molecule has 2 heterocycles. The summed E-state index contributed by atoms with van der Waals surface area (Å²) in [5, 5.41) is 7.46. The van der Waals surface area contributed by atoms with Crippen molar-refractivity contribution in [2.45, 2.75) is 39.8 Å². The van der Waals surface area contributed by atoms with Crippen molar-refractivity contribution in [3.8, 4) is 0 Å². The van der Waals surface area contributed by atoms with Gasteiger partial charge in [0.1, 0.15) is 0 Å². The van der Waals surface area contributed by atoms with E-state index in [1.807, 2.05) is 0 Å². The van der Waals surface area contributed by atoms with E-state index in [4.69, 9.17) is 4.52 Å². The molecule has 1 atom stereocenters. The van der Waals surface area contributed by atoms with Crippen molar-refractivity contribution >= 4 is 0 Å². The van der Waals surface area contributed by atoms with Crippen LogP contribution in [-0.2, 0) is 13.0 Å². The van der Waals surface area contributed by atoms with Crippen LogP contribution in [-0.4, -0.2) is 40.7 Å². The first-order valence-electron chi connectivity index (χ1n) is 6.40. The van der Waals surface area contributed by atoms with Crippen molar-refractivity contribution in [3.05, 3.63) is 11.7 Å². The van der Waals surface area contributed by atoms with Crippen LogP contribution < -0.4 is 5.32 Å². The molecule has 96 valence electrons. The van der Waals surface area contributed by atoms with E-state index in [2.05, 4.69) is 41.1 Å². The highest BCUT2D eigenvalue weighted by atomic mass is 16.5. The van der Waals surface area contributed by atoms with Gasteiger partial charge >= 0.3 is 0 Å². The molecule has 5 nitrogen and oxygen atoms in total. The molecule has 0 aliphatic carbocycles. The zero-order chi connectivity index (χ0) is 12.3. The second-order valence-corrected chi connectivity index (χ2v) is 5.29. The minimum atomic E-state index is 0.547. The maximum Gasteiger partial charge on any atom is 0.226 e. The minimum absolute atomic E-state index is 0.547. The molecule has 0 spiro atoms. The topological polar surface area (TPSA) is 54.2 Å². The molecular weight excluding hydrogens is 216 g/mol. The molecule has 0 radical (unpaired) electrons. The van der Waals surface area contributed by atoms with Crippen LogP contribution in [0.3, 0.4) is 0 Å². The van der Waals surface area contributed by atoms with Gasteiger partial charge in [-0.15, -0.1) is 0 Å². The number of hydrogen-bond donors (Lipinski definition) is 1. The number of nitrogens with zero attached hydrogens (tertiary/aromatic N) is 3. The van der Waals surface area contributed by atoms with Gasteiger partial charge in [-0.25, -0.2) is 0 Å². The lowest BCUT2D eigenvalue weighted by atomic mass is 10.1. The quantitative estimate of drug-likeness (QED) is 0.850. The minimum Gasteiger partial charge on any atom is -0.339 e. The van der Waals surface area contributed by atoms with Gasteiger partial charge in [0.05, 0.1) is 6.54 Å². The molecule has 0 unspecified atom stereocenters. The van der Waals surface area contributed by atoms with Crippen LogP contribution in [0.1, 0.15) is 32.5 Å². The Morgan fingerprint density at radius 1 is 1.53 bits per heavy atom. The van der Waals surface area contributed by atoms with Gasteiger partial charge in [-0.1, -0.05) is 19.0 Å². The average molecular weight is 238 g/mol. The number of aromatic nitrogens is 2. The predicted octanol–water partition coefficient (Wildman–Crippen LogP) is 1.06. The van der Waals surface area contributed by atoms with Gasteiger partial charge < -0.3 is 9.84 Å². The highest BCUT2D eigenvalue weighted by molar-refractivity contribution is 4.88. The molecule has 2 rings (SSSR count). The van der Waals surface area contributed by atoms with Crippen molar-refractivity contribution in [3.63, 3.8) is 0 Å². The Kier molecular flexibility index (Phi) is 4.12. The highest BCUT2D eigenvalue weighted by Gasteiger charge is 2.18. The second kappa shape index (κ2) is 5.60. The maximum atomic E-state index is 5.24. The van der Waals surface area contributed by atoms with Crippen LogP contribution in [0.25, 0.3) is 0 Å². The SMILES string of the molecule is CC(C)Cc1nc(CN2CCN[C@H](C)C2)no1. The fourth-order valence-corrected chi connectivity index (χ4v) is 2.14. The predicted molar refractivity (Wildman–Crippen MR) is 65.6 cm³/mol. The summed E-state index contributed by atoms with van der Waals surface area (Å²) in [5.74, 6) is 2.13. The van der Waals surface area contributed by atoms with Gasteiger partial charge in [-0.3, -0.25) is 4.90 Å². The van der Waals surface area contributed by atoms with Gasteiger partial charge in [0.2, 0.25) is 5.89 Å². The number of nitrogens with one attached hydrogen (secondary N) is 1. The van der Waals surface area contributed by atoms with Crippen molar-refractivity contribution in [1.29, 1.82) is 0 Å². The molecule has 1 aromatic heterocycles. The van der Waals surface area contributed by atoms with E-state index >= 15 is 0 Å². The summed E-state index contributed by atoms with van der Waals surface area (Å²) in [6.07, 6.45) is 0.866. The molecule has 1 N–H and O–H groups in total. The number of rotatable bonds is 4. The van der Waals surface area contributed by atoms with E-state index in [1.165, 1.54) is 0 Å². The average Bonchev–Trinajstić information content (AvgIpc) is 2.64. The van der Waals surface area contributed by atoms with E-state index in [-0.39, 0.29) is 0 Å². The smallest absolute Gasteiger partial charge is 0.226 e. The molecule has 1 fully saturated rings. The summed E-state index contributed by atoms with van der Waals surface area (Å²) in [6, 6.07) is 0.547. The van der Waals surface area contributed by atoms with Gasteiger partial charge in [-0.05, 0) is 12.8 Å². The Morgan fingerprint density at radius 3 is 3.06 bits per heavy atom. The molecule has 0 bridgehead atoms. The van der Waals surface area contributed by atoms with E-state index in [1.54, 1.807) is 0 Å². The molecule has 1 aliphatic heterocycles. The maximum absolute atomic E-state index is 5.24. The van der Waals surface area contributed by atoms with Crippen molar-refractivity contribution in [2.75, 3.05) is 19.6 Å². The van der Waals surface area contributed by atoms with Crippen LogP contribution in [0.2, 0.25) is 0 Å². The molecule has 17 heavy (non-hydrogen) atoms. The summed E-state index contributed by atoms with van der Waals surface area (Å²) in [6.45, 7) is 10.5. The number of hydrogen-bond acceptors (Lipinski definition) is 5. The normalized spacial score (nSPS) is 22.2. The van der Waals surface area contributed by atoms with Gasteiger partial charge in [0, 0.05) is 32.1 Å². The molecule has 1 saturated heterocycles. The first-order valence-corrected chi connectivity index (χ1v) is 6.40. The third-order valence-corrected chi connectivity index (χ3v) is 2.91. The third-order valence-electron chi connectivity index (χ3n) is 2.91. The first-order chi connectivity index (χ1) is 8.13. The summed E-state index contributed by atoms with van der Waals surface area (Å²) in [7, 11) is 0. The largest absolute Gasteiger partial charge is 0.339 e. The van der Waals surface area contributed by atoms with E-state index in [9.17, 15) is 0 Å². The molecule has 0 aromatic carbocycles. The van der Waals surface area contributed by atoms with Crippen molar-refractivity contribution in [2.24, 2.45) is 5.92 Å². The Morgan fingerprint density at radius 2 is 2.35 bits per heavy atom. The van der Waals surface area contributed by atoms with Gasteiger partial charge in [-0.2, -0.15) is 4.98 Å². The zero-order valence-electron chi connectivity index (χ0n) is 10.9. The fourth-order valence-electron chi connectivity index (χ4n) is 2.14. The number of piperazine rings is 1. The summed E-state index contributed by atoms with van der Waals surface area (Å²) < 4.78 is 5.24. The lowest BCUT2D eigenvalue weighted by Crippen LogP contribution is -2.48. The standard InChI is InChI=1S/C12H22N4O/c1-9(2)6-12-14-11(15-17-12)8-16-5-4-13-10(3)7-16/h9-10,13H,4-8H2,1-3H3/t10-/m1/s1. The van der Waals surface area contributed by atoms with Crippen molar-refractivity contribution < 1.29 is 4.52 Å². The molecule has 1 aromatic rings. The molecule has 1 aliphatic rings. The van der Waals surface area contributed by atoms with E-state index in [0.717, 1.165) is 44.3 Å². The van der Waals surface area contributed by atoms with Crippen LogP contribution in [0.15, 0.2) is 4.52 Å². The lowest BCUT2D eigenvalue weighted by molar-refractivity contribution is 0.193. The highest BCUT2D eigenvalue weighted by Crippen LogP contribution is 2.08. The molecule has 5 heteroatoms. The lowest BCUT2D eigenvalue weighted by Gasteiger charge is -2.30. The van der Waals surface area contributed by atoms with Crippen LogP contribution in [0.4, 0.5) is 0 Å². The van der Waals surface area contributed by atoms with E-state index < -0.39 is 0 Å². The Labute approximate surface area is 103 Å². The van der Waals surface area contributed by atoms with Crippen LogP contribution >= 0.6 is 0 Å². The summed E-state index contributed by atoms with van der Waals surface area (Å²) >= 11 is 0. The monoisotopic (exact) mass is 238 g/mol. The summed E-state index contributed by atoms with van der Waals surface area (Å²) in [4.78, 5) is 6.80. The Hall–Kier alpha value is -0.940. The zero-order valence-corrected chi connectivity index (χ0v) is 10.9. The molecular formula is C12H22N4O. The fraction of sp³-hybridized carbons (Fsp3) is 0.833. The molecule has 0 amide bonds. The van der Waals surface area contributed by atoms with Crippen LogP contribution in [0, 0.1) is 5.92 Å². The van der Waals surface area contributed by atoms with Crippen LogP contribution in [0.5, 0.6) is 0 Å². The van der Waals surface area contributed by atoms with Gasteiger partial charge in [0.25, 0.3) is 0 Å². The summed E-state index contributed by atoms with van der Waals surface area (Å²) in [5.41, 5.74) is 0.